The lowest BCUT2D eigenvalue weighted by molar-refractivity contribution is 0.0598. The van der Waals surface area contributed by atoms with Crippen LogP contribution in [0, 0.1) is 5.82 Å². The Kier molecular flexibility index (Phi) is 4.79. The summed E-state index contributed by atoms with van der Waals surface area (Å²) in [5, 5.41) is 4.28. The molecule has 0 fully saturated rings. The third kappa shape index (κ3) is 3.32. The van der Waals surface area contributed by atoms with Crippen LogP contribution in [0.15, 0.2) is 59.4 Å². The van der Waals surface area contributed by atoms with Gasteiger partial charge in [-0.25, -0.2) is 9.18 Å². The molecule has 3 aromatic rings. The van der Waals surface area contributed by atoms with Gasteiger partial charge in [-0.3, -0.25) is 4.79 Å². The van der Waals surface area contributed by atoms with E-state index in [9.17, 15) is 14.0 Å². The molecule has 0 atom stereocenters. The third-order valence-corrected chi connectivity index (χ3v) is 3.76. The van der Waals surface area contributed by atoms with Crippen molar-refractivity contribution in [2.24, 2.45) is 0 Å². The summed E-state index contributed by atoms with van der Waals surface area (Å²) in [5.41, 5.74) is 0.325. The number of hydrogen-bond acceptors (Lipinski definition) is 5. The summed E-state index contributed by atoms with van der Waals surface area (Å²) in [4.78, 5) is 24.6. The van der Waals surface area contributed by atoms with Gasteiger partial charge in [-0.1, -0.05) is 6.07 Å². The number of carbonyl (C=O) groups is 1. The van der Waals surface area contributed by atoms with Crippen molar-refractivity contribution in [3.63, 3.8) is 0 Å². The average Bonchev–Trinajstić information content (AvgIpc) is 2.67. The number of ether oxygens (including phenoxy) is 2. The zero-order chi connectivity index (χ0) is 18.7. The third-order valence-electron chi connectivity index (χ3n) is 3.76. The molecule has 0 amide bonds. The number of nitrogens with zero attached hydrogens (tertiary/aromatic N) is 2. The molecule has 0 saturated carbocycles. The number of rotatable bonds is 4. The van der Waals surface area contributed by atoms with E-state index in [1.54, 1.807) is 31.4 Å². The molecule has 0 aliphatic carbocycles. The van der Waals surface area contributed by atoms with Crippen molar-refractivity contribution >= 4 is 5.97 Å². The summed E-state index contributed by atoms with van der Waals surface area (Å²) in [6, 6.07) is 13.7. The fourth-order valence-electron chi connectivity index (χ4n) is 2.44. The molecule has 0 aliphatic heterocycles. The van der Waals surface area contributed by atoms with Crippen LogP contribution in [-0.4, -0.2) is 30.0 Å². The molecule has 0 saturated heterocycles. The summed E-state index contributed by atoms with van der Waals surface area (Å²) >= 11 is 0. The molecule has 0 aliphatic rings. The van der Waals surface area contributed by atoms with Crippen molar-refractivity contribution in [1.82, 2.24) is 9.78 Å². The maximum absolute atomic E-state index is 13.6. The first-order valence-electron chi connectivity index (χ1n) is 7.66. The standard InChI is InChI=1S/C19H15FN2O4/c1-25-15-8-6-12(7-9-15)17-11-16(19(24)26-2)18(23)22(21-17)14-5-3-4-13(20)10-14/h3-11H,1-2H3. The molecular formula is C19H15FN2O4. The van der Waals surface area contributed by atoms with E-state index in [0.29, 0.717) is 17.0 Å². The zero-order valence-corrected chi connectivity index (χ0v) is 14.1. The zero-order valence-electron chi connectivity index (χ0n) is 14.1. The summed E-state index contributed by atoms with van der Waals surface area (Å²) in [6.45, 7) is 0. The van der Waals surface area contributed by atoms with E-state index >= 15 is 0 Å². The van der Waals surface area contributed by atoms with Gasteiger partial charge in [0.2, 0.25) is 0 Å². The molecule has 0 N–H and O–H groups in total. The Hall–Kier alpha value is -3.48. The fourth-order valence-corrected chi connectivity index (χ4v) is 2.44. The largest absolute Gasteiger partial charge is 0.497 e. The van der Waals surface area contributed by atoms with Crippen LogP contribution in [0.1, 0.15) is 10.4 Å². The van der Waals surface area contributed by atoms with Crippen LogP contribution in [0.2, 0.25) is 0 Å². The molecule has 2 aromatic carbocycles. The highest BCUT2D eigenvalue weighted by atomic mass is 19.1. The molecule has 6 nitrogen and oxygen atoms in total. The van der Waals surface area contributed by atoms with Gasteiger partial charge in [-0.2, -0.15) is 9.78 Å². The Morgan fingerprint density at radius 1 is 1.08 bits per heavy atom. The van der Waals surface area contributed by atoms with Gasteiger partial charge < -0.3 is 9.47 Å². The molecule has 132 valence electrons. The molecule has 26 heavy (non-hydrogen) atoms. The van der Waals surface area contributed by atoms with E-state index in [-0.39, 0.29) is 11.3 Å². The maximum atomic E-state index is 13.6. The SMILES string of the molecule is COC(=O)c1cc(-c2ccc(OC)cc2)nn(-c2cccc(F)c2)c1=O. The summed E-state index contributed by atoms with van der Waals surface area (Å²) < 4.78 is 24.4. The average molecular weight is 354 g/mol. The monoisotopic (exact) mass is 354 g/mol. The number of hydrogen-bond donors (Lipinski definition) is 0. The predicted octanol–water partition coefficient (Wildman–Crippen LogP) is 2.83. The van der Waals surface area contributed by atoms with E-state index in [1.807, 2.05) is 0 Å². The second kappa shape index (κ2) is 7.18. The second-order valence-electron chi connectivity index (χ2n) is 5.36. The van der Waals surface area contributed by atoms with Crippen molar-refractivity contribution in [2.45, 2.75) is 0 Å². The molecule has 0 unspecified atom stereocenters. The smallest absolute Gasteiger partial charge is 0.343 e. The van der Waals surface area contributed by atoms with Crippen molar-refractivity contribution in [1.29, 1.82) is 0 Å². The van der Waals surface area contributed by atoms with E-state index < -0.39 is 17.3 Å². The molecule has 1 aromatic heterocycles. The summed E-state index contributed by atoms with van der Waals surface area (Å²) in [5.74, 6) is -0.664. The quantitative estimate of drug-likeness (QED) is 0.674. The minimum Gasteiger partial charge on any atom is -0.497 e. The molecule has 0 spiro atoms. The Bertz CT molecular complexity index is 1010. The van der Waals surface area contributed by atoms with Crippen LogP contribution in [-0.2, 0) is 4.74 Å². The van der Waals surface area contributed by atoms with Gasteiger partial charge in [0.05, 0.1) is 25.6 Å². The van der Waals surface area contributed by atoms with Crippen molar-refractivity contribution in [2.75, 3.05) is 14.2 Å². The van der Waals surface area contributed by atoms with Gasteiger partial charge in [-0.05, 0) is 48.5 Å². The first kappa shape index (κ1) is 17.3. The first-order chi connectivity index (χ1) is 12.5. The van der Waals surface area contributed by atoms with Crippen LogP contribution >= 0.6 is 0 Å². The van der Waals surface area contributed by atoms with Crippen LogP contribution in [0.5, 0.6) is 5.75 Å². The molecule has 7 heteroatoms. The van der Waals surface area contributed by atoms with Crippen LogP contribution in [0.25, 0.3) is 16.9 Å². The number of methoxy groups -OCH3 is 2. The highest BCUT2D eigenvalue weighted by Gasteiger charge is 2.18. The number of carbonyl (C=O) groups excluding carboxylic acids is 1. The van der Waals surface area contributed by atoms with Gasteiger partial charge in [0.1, 0.15) is 17.1 Å². The molecular weight excluding hydrogens is 339 g/mol. The lowest BCUT2D eigenvalue weighted by Crippen LogP contribution is -2.28. The fraction of sp³-hybridized carbons (Fsp3) is 0.105. The molecule has 1 heterocycles. The molecule has 3 rings (SSSR count). The topological polar surface area (TPSA) is 70.4 Å². The lowest BCUT2D eigenvalue weighted by Gasteiger charge is -2.10. The Balaban J connectivity index is 2.23. The van der Waals surface area contributed by atoms with E-state index in [0.717, 1.165) is 10.7 Å². The normalized spacial score (nSPS) is 10.4. The number of aromatic nitrogens is 2. The van der Waals surface area contributed by atoms with Gasteiger partial charge in [0.15, 0.2) is 0 Å². The van der Waals surface area contributed by atoms with Crippen LogP contribution in [0.4, 0.5) is 4.39 Å². The Morgan fingerprint density at radius 2 is 1.81 bits per heavy atom. The van der Waals surface area contributed by atoms with Gasteiger partial charge in [0.25, 0.3) is 5.56 Å². The number of esters is 1. The highest BCUT2D eigenvalue weighted by Crippen LogP contribution is 2.21. The molecule has 0 radical (unpaired) electrons. The van der Waals surface area contributed by atoms with E-state index in [2.05, 4.69) is 9.84 Å². The van der Waals surface area contributed by atoms with Crippen molar-refractivity contribution < 1.29 is 18.7 Å². The van der Waals surface area contributed by atoms with Crippen LogP contribution < -0.4 is 10.3 Å². The first-order valence-corrected chi connectivity index (χ1v) is 7.66. The van der Waals surface area contributed by atoms with Crippen molar-refractivity contribution in [3.05, 3.63) is 76.3 Å². The van der Waals surface area contributed by atoms with Crippen LogP contribution in [0.3, 0.4) is 0 Å². The highest BCUT2D eigenvalue weighted by molar-refractivity contribution is 5.90. The number of halogens is 1. The Labute approximate surface area is 148 Å². The molecule has 0 bridgehead atoms. The summed E-state index contributed by atoms with van der Waals surface area (Å²) in [7, 11) is 2.73. The Morgan fingerprint density at radius 3 is 2.42 bits per heavy atom. The predicted molar refractivity (Wildman–Crippen MR) is 93.1 cm³/mol. The van der Waals surface area contributed by atoms with Gasteiger partial charge in [0, 0.05) is 5.56 Å². The minimum absolute atomic E-state index is 0.197. The van der Waals surface area contributed by atoms with E-state index in [1.165, 1.54) is 31.4 Å². The van der Waals surface area contributed by atoms with E-state index in [4.69, 9.17) is 4.74 Å². The summed E-state index contributed by atoms with van der Waals surface area (Å²) in [6.07, 6.45) is 0. The minimum atomic E-state index is -0.794. The van der Waals surface area contributed by atoms with Crippen molar-refractivity contribution in [3.8, 4) is 22.7 Å². The number of benzene rings is 2. The van der Waals surface area contributed by atoms with Gasteiger partial charge in [-0.15, -0.1) is 0 Å². The maximum Gasteiger partial charge on any atom is 0.343 e. The lowest BCUT2D eigenvalue weighted by atomic mass is 10.1. The van der Waals surface area contributed by atoms with Gasteiger partial charge >= 0.3 is 5.97 Å². The second-order valence-corrected chi connectivity index (χ2v) is 5.36.